The Morgan fingerprint density at radius 2 is 2.15 bits per heavy atom. The number of halogens is 1. The van der Waals surface area contributed by atoms with Gasteiger partial charge in [-0.25, -0.2) is 0 Å². The number of benzene rings is 1. The molecule has 1 aromatic carbocycles. The Labute approximate surface area is 83.3 Å². The summed E-state index contributed by atoms with van der Waals surface area (Å²) in [4.78, 5) is 2.29. The van der Waals surface area contributed by atoms with Crippen molar-refractivity contribution in [3.05, 3.63) is 28.3 Å². The first-order valence-electron chi connectivity index (χ1n) is 4.42. The van der Waals surface area contributed by atoms with Gasteiger partial charge in [-0.3, -0.25) is 0 Å². The number of fused-ring (bicyclic) bond motifs is 1. The van der Waals surface area contributed by atoms with Crippen LogP contribution in [0.5, 0.6) is 0 Å². The lowest BCUT2D eigenvalue weighted by Crippen LogP contribution is -2.26. The Kier molecular flexibility index (Phi) is 2.18. The van der Waals surface area contributed by atoms with Crippen LogP contribution in [0.1, 0.15) is 11.1 Å². The molecule has 0 unspecified atom stereocenters. The zero-order valence-electron chi connectivity index (χ0n) is 7.68. The minimum Gasteiger partial charge on any atom is -0.398 e. The first-order valence-corrected chi connectivity index (χ1v) is 4.80. The van der Waals surface area contributed by atoms with Gasteiger partial charge in [-0.1, -0.05) is 11.6 Å². The van der Waals surface area contributed by atoms with Gasteiger partial charge in [0.1, 0.15) is 0 Å². The van der Waals surface area contributed by atoms with Gasteiger partial charge in [0.05, 0.1) is 10.7 Å². The Bertz CT molecular complexity index is 336. The molecular weight excluding hydrogens is 184 g/mol. The molecule has 0 fully saturated rings. The highest BCUT2D eigenvalue weighted by Gasteiger charge is 2.14. The zero-order valence-corrected chi connectivity index (χ0v) is 8.43. The average Bonchev–Trinajstić information content (AvgIpc) is 2.08. The van der Waals surface area contributed by atoms with E-state index in [1.54, 1.807) is 0 Å². The first kappa shape index (κ1) is 8.85. The van der Waals surface area contributed by atoms with Gasteiger partial charge in [0.15, 0.2) is 0 Å². The van der Waals surface area contributed by atoms with Crippen LogP contribution in [0.15, 0.2) is 12.1 Å². The van der Waals surface area contributed by atoms with Crippen LogP contribution in [0.4, 0.5) is 5.69 Å². The van der Waals surface area contributed by atoms with E-state index in [-0.39, 0.29) is 0 Å². The molecule has 0 aromatic heterocycles. The van der Waals surface area contributed by atoms with Crippen LogP contribution in [0, 0.1) is 0 Å². The van der Waals surface area contributed by atoms with Crippen LogP contribution in [-0.2, 0) is 13.0 Å². The molecule has 0 aliphatic carbocycles. The largest absolute Gasteiger partial charge is 0.398 e. The molecule has 0 atom stereocenters. The van der Waals surface area contributed by atoms with E-state index in [2.05, 4.69) is 11.9 Å². The first-order chi connectivity index (χ1) is 6.16. The lowest BCUT2D eigenvalue weighted by Gasteiger charge is -2.25. The SMILES string of the molecule is CN1CCc2cc(Cl)c(N)cc2C1. The van der Waals surface area contributed by atoms with Crippen molar-refractivity contribution in [2.24, 2.45) is 0 Å². The molecule has 2 rings (SSSR count). The summed E-state index contributed by atoms with van der Waals surface area (Å²) in [5.74, 6) is 0. The highest BCUT2D eigenvalue weighted by atomic mass is 35.5. The molecule has 0 saturated heterocycles. The van der Waals surface area contributed by atoms with Crippen molar-refractivity contribution in [2.45, 2.75) is 13.0 Å². The van der Waals surface area contributed by atoms with E-state index in [1.807, 2.05) is 12.1 Å². The Hall–Kier alpha value is -0.730. The number of hydrogen-bond acceptors (Lipinski definition) is 2. The lowest BCUT2D eigenvalue weighted by molar-refractivity contribution is 0.313. The van der Waals surface area contributed by atoms with Gasteiger partial charge >= 0.3 is 0 Å². The molecule has 1 heterocycles. The van der Waals surface area contributed by atoms with E-state index in [0.29, 0.717) is 10.7 Å². The van der Waals surface area contributed by atoms with E-state index < -0.39 is 0 Å². The molecule has 0 spiro atoms. The summed E-state index contributed by atoms with van der Waals surface area (Å²) in [7, 11) is 2.12. The quantitative estimate of drug-likeness (QED) is 0.643. The van der Waals surface area contributed by atoms with Crippen LogP contribution in [-0.4, -0.2) is 18.5 Å². The number of rotatable bonds is 0. The molecule has 0 amide bonds. The number of hydrogen-bond donors (Lipinski definition) is 1. The van der Waals surface area contributed by atoms with Crippen molar-refractivity contribution in [3.63, 3.8) is 0 Å². The summed E-state index contributed by atoms with van der Waals surface area (Å²) in [5.41, 5.74) is 9.09. The van der Waals surface area contributed by atoms with Crippen LogP contribution in [0.25, 0.3) is 0 Å². The van der Waals surface area contributed by atoms with Gasteiger partial charge in [0.25, 0.3) is 0 Å². The van der Waals surface area contributed by atoms with E-state index in [9.17, 15) is 0 Å². The number of anilines is 1. The Morgan fingerprint density at radius 1 is 1.38 bits per heavy atom. The third-order valence-electron chi connectivity index (χ3n) is 2.52. The summed E-state index contributed by atoms with van der Waals surface area (Å²) in [6.45, 7) is 2.09. The van der Waals surface area contributed by atoms with Crippen molar-refractivity contribution in [1.29, 1.82) is 0 Å². The van der Waals surface area contributed by atoms with Crippen LogP contribution >= 0.6 is 11.6 Å². The van der Waals surface area contributed by atoms with Gasteiger partial charge in [0, 0.05) is 13.1 Å². The summed E-state index contributed by atoms with van der Waals surface area (Å²) < 4.78 is 0. The summed E-state index contributed by atoms with van der Waals surface area (Å²) in [6, 6.07) is 3.99. The fourth-order valence-electron chi connectivity index (χ4n) is 1.74. The fraction of sp³-hybridized carbons (Fsp3) is 0.400. The second-order valence-corrected chi connectivity index (χ2v) is 4.04. The smallest absolute Gasteiger partial charge is 0.0638 e. The Morgan fingerprint density at radius 3 is 2.92 bits per heavy atom. The standard InChI is InChI=1S/C10H13ClN2/c1-13-3-2-7-4-9(11)10(12)5-8(7)6-13/h4-5H,2-3,6,12H2,1H3. The number of likely N-dealkylation sites (N-methyl/N-ethyl adjacent to an activating group) is 1. The van der Waals surface area contributed by atoms with Crippen molar-refractivity contribution in [1.82, 2.24) is 4.90 Å². The van der Waals surface area contributed by atoms with Gasteiger partial charge in [-0.15, -0.1) is 0 Å². The zero-order chi connectivity index (χ0) is 9.42. The van der Waals surface area contributed by atoms with E-state index >= 15 is 0 Å². The summed E-state index contributed by atoms with van der Waals surface area (Å²) in [5, 5.41) is 0.684. The highest BCUT2D eigenvalue weighted by Crippen LogP contribution is 2.27. The van der Waals surface area contributed by atoms with Gasteiger partial charge in [-0.05, 0) is 36.7 Å². The van der Waals surface area contributed by atoms with Crippen molar-refractivity contribution in [2.75, 3.05) is 19.3 Å². The molecular formula is C10H13ClN2. The number of nitrogen functional groups attached to an aromatic ring is 1. The predicted molar refractivity (Wildman–Crippen MR) is 55.9 cm³/mol. The third kappa shape index (κ3) is 1.64. The minimum atomic E-state index is 0.684. The molecule has 2 nitrogen and oxygen atoms in total. The molecule has 1 aliphatic heterocycles. The summed E-state index contributed by atoms with van der Waals surface area (Å²) >= 11 is 5.94. The molecule has 0 saturated carbocycles. The molecule has 70 valence electrons. The second-order valence-electron chi connectivity index (χ2n) is 3.63. The highest BCUT2D eigenvalue weighted by molar-refractivity contribution is 6.33. The van der Waals surface area contributed by atoms with E-state index in [4.69, 9.17) is 17.3 Å². The molecule has 3 heteroatoms. The molecule has 1 aromatic rings. The van der Waals surface area contributed by atoms with Crippen molar-refractivity contribution < 1.29 is 0 Å². The van der Waals surface area contributed by atoms with Gasteiger partial charge in [-0.2, -0.15) is 0 Å². The molecule has 13 heavy (non-hydrogen) atoms. The molecule has 0 radical (unpaired) electrons. The molecule has 2 N–H and O–H groups in total. The molecule has 1 aliphatic rings. The van der Waals surface area contributed by atoms with Crippen LogP contribution < -0.4 is 5.73 Å². The number of nitrogens with zero attached hydrogens (tertiary/aromatic N) is 1. The maximum Gasteiger partial charge on any atom is 0.0638 e. The van der Waals surface area contributed by atoms with Crippen molar-refractivity contribution in [3.8, 4) is 0 Å². The van der Waals surface area contributed by atoms with E-state index in [0.717, 1.165) is 19.5 Å². The predicted octanol–water partition coefficient (Wildman–Crippen LogP) is 1.91. The summed E-state index contributed by atoms with van der Waals surface area (Å²) in [6.07, 6.45) is 1.08. The maximum atomic E-state index is 5.94. The molecule has 0 bridgehead atoms. The Balaban J connectivity index is 2.43. The second kappa shape index (κ2) is 3.20. The van der Waals surface area contributed by atoms with Gasteiger partial charge < -0.3 is 10.6 Å². The van der Waals surface area contributed by atoms with Gasteiger partial charge in [0.2, 0.25) is 0 Å². The normalized spacial score (nSPS) is 17.1. The van der Waals surface area contributed by atoms with Crippen LogP contribution in [0.2, 0.25) is 5.02 Å². The third-order valence-corrected chi connectivity index (χ3v) is 2.85. The lowest BCUT2D eigenvalue weighted by atomic mass is 9.99. The monoisotopic (exact) mass is 196 g/mol. The maximum absolute atomic E-state index is 5.94. The minimum absolute atomic E-state index is 0.684. The topological polar surface area (TPSA) is 29.3 Å². The number of nitrogens with two attached hydrogens (primary N) is 1. The van der Waals surface area contributed by atoms with Crippen LogP contribution in [0.3, 0.4) is 0 Å². The fourth-order valence-corrected chi connectivity index (χ4v) is 1.93. The average molecular weight is 197 g/mol. The van der Waals surface area contributed by atoms with E-state index in [1.165, 1.54) is 11.1 Å². The van der Waals surface area contributed by atoms with Crippen molar-refractivity contribution >= 4 is 17.3 Å².